The van der Waals surface area contributed by atoms with Crippen LogP contribution in [-0.4, -0.2) is 43.5 Å². The van der Waals surface area contributed by atoms with Crippen molar-refractivity contribution in [2.75, 3.05) is 38.5 Å². The van der Waals surface area contributed by atoms with E-state index in [0.717, 1.165) is 0 Å². The summed E-state index contributed by atoms with van der Waals surface area (Å²) in [6, 6.07) is 0. The monoisotopic (exact) mass is 194 g/mol. The second kappa shape index (κ2) is 5.74. The van der Waals surface area contributed by atoms with Crippen LogP contribution in [0.5, 0.6) is 0 Å². The quantitative estimate of drug-likeness (QED) is 0.453. The second-order valence-corrected chi connectivity index (χ2v) is 3.23. The van der Waals surface area contributed by atoms with Crippen molar-refractivity contribution in [3.05, 3.63) is 5.21 Å². The maximum Gasteiger partial charge on any atom is 0.154 e. The Balaban J connectivity index is 2.15. The Morgan fingerprint density at radius 3 is 2.83 bits per heavy atom. The standard InChI is InChI=1S/C6H14N2O3S/c1-12-6-11-8(9)7-2-4-10-5-3-7/h8H,2-6H2,1H3. The number of thioether (sulfide) groups is 1. The minimum absolute atomic E-state index is 0.229. The molecule has 0 aliphatic carbocycles. The van der Waals surface area contributed by atoms with Crippen LogP contribution in [0.2, 0.25) is 0 Å². The van der Waals surface area contributed by atoms with E-state index in [4.69, 9.17) is 9.57 Å². The molecule has 0 saturated carbocycles. The molecular weight excluding hydrogens is 180 g/mol. The molecule has 1 aliphatic rings. The molecule has 12 heavy (non-hydrogen) atoms. The van der Waals surface area contributed by atoms with Gasteiger partial charge in [-0.2, -0.15) is 4.84 Å². The molecule has 1 N–H and O–H groups in total. The summed E-state index contributed by atoms with van der Waals surface area (Å²) in [5.41, 5.74) is 0. The van der Waals surface area contributed by atoms with Crippen LogP contribution in [0.15, 0.2) is 0 Å². The first-order valence-corrected chi connectivity index (χ1v) is 5.22. The van der Waals surface area contributed by atoms with Gasteiger partial charge in [0, 0.05) is 0 Å². The normalized spacial score (nSPS) is 22.5. The number of nitrogens with one attached hydrogen (secondary N) is 1. The Hall–Kier alpha value is 0.150. The third-order valence-electron chi connectivity index (χ3n) is 1.57. The van der Waals surface area contributed by atoms with E-state index >= 15 is 0 Å². The molecule has 72 valence electrons. The van der Waals surface area contributed by atoms with Crippen LogP contribution >= 0.6 is 11.8 Å². The number of ether oxygens (including phenoxy) is 1. The van der Waals surface area contributed by atoms with Gasteiger partial charge in [-0.1, -0.05) is 0 Å². The molecule has 0 bridgehead atoms. The van der Waals surface area contributed by atoms with Gasteiger partial charge in [-0.15, -0.1) is 22.1 Å². The molecule has 5 nitrogen and oxygen atoms in total. The largest absolute Gasteiger partial charge is 0.579 e. The van der Waals surface area contributed by atoms with E-state index in [2.05, 4.69) is 0 Å². The molecule has 0 spiro atoms. The average Bonchev–Trinajstić information content (AvgIpc) is 2.15. The molecule has 0 aromatic heterocycles. The predicted octanol–water partition coefficient (Wildman–Crippen LogP) is -1.13. The van der Waals surface area contributed by atoms with Crippen molar-refractivity contribution in [1.82, 2.24) is 5.01 Å². The van der Waals surface area contributed by atoms with Crippen LogP contribution in [-0.2, 0) is 9.57 Å². The number of hydrogen-bond acceptors (Lipinski definition) is 5. The van der Waals surface area contributed by atoms with Gasteiger partial charge in [0.25, 0.3) is 0 Å². The van der Waals surface area contributed by atoms with Gasteiger partial charge in [0.2, 0.25) is 0 Å². The van der Waals surface area contributed by atoms with Crippen LogP contribution in [0.25, 0.3) is 0 Å². The summed E-state index contributed by atoms with van der Waals surface area (Å²) in [5, 5.41) is 12.6. The lowest BCUT2D eigenvalue weighted by atomic mass is 10.5. The molecule has 1 atom stereocenters. The van der Waals surface area contributed by atoms with Gasteiger partial charge in [-0.25, -0.2) is 0 Å². The lowest BCUT2D eigenvalue weighted by Crippen LogP contribution is -3.13. The van der Waals surface area contributed by atoms with Gasteiger partial charge in [0.15, 0.2) is 5.94 Å². The van der Waals surface area contributed by atoms with Crippen molar-refractivity contribution in [1.29, 1.82) is 0 Å². The lowest BCUT2D eigenvalue weighted by Gasteiger charge is -2.32. The smallest absolute Gasteiger partial charge is 0.154 e. The molecule has 1 fully saturated rings. The minimum atomic E-state index is -0.229. The van der Waals surface area contributed by atoms with E-state index < -0.39 is 0 Å². The molecule has 0 amide bonds. The zero-order chi connectivity index (χ0) is 8.81. The fourth-order valence-corrected chi connectivity index (χ4v) is 1.17. The highest BCUT2D eigenvalue weighted by atomic mass is 32.2. The summed E-state index contributed by atoms with van der Waals surface area (Å²) < 4.78 is 5.10. The molecule has 1 unspecified atom stereocenters. The van der Waals surface area contributed by atoms with E-state index in [1.165, 1.54) is 11.8 Å². The highest BCUT2D eigenvalue weighted by Crippen LogP contribution is 1.91. The van der Waals surface area contributed by atoms with Crippen LogP contribution in [0, 0.1) is 5.21 Å². The van der Waals surface area contributed by atoms with Crippen molar-refractivity contribution < 1.29 is 14.9 Å². The zero-order valence-electron chi connectivity index (χ0n) is 7.12. The SMILES string of the molecule is CSCO[NH+]([O-])N1CCOCC1. The average molecular weight is 194 g/mol. The summed E-state index contributed by atoms with van der Waals surface area (Å²) in [7, 11) is 0. The maximum atomic E-state index is 11.2. The number of morpholine rings is 1. The first kappa shape index (κ1) is 10.2. The first-order valence-electron chi connectivity index (χ1n) is 3.83. The number of rotatable bonds is 4. The van der Waals surface area contributed by atoms with E-state index in [1.54, 1.807) is 5.01 Å². The van der Waals surface area contributed by atoms with Crippen LogP contribution in [0.1, 0.15) is 0 Å². The fourth-order valence-electron chi connectivity index (χ4n) is 0.947. The Morgan fingerprint density at radius 2 is 2.25 bits per heavy atom. The Morgan fingerprint density at radius 1 is 1.58 bits per heavy atom. The van der Waals surface area contributed by atoms with E-state index in [0.29, 0.717) is 32.2 Å². The van der Waals surface area contributed by atoms with E-state index in [-0.39, 0.29) is 5.34 Å². The van der Waals surface area contributed by atoms with Gasteiger partial charge in [-0.05, 0) is 6.26 Å². The Labute approximate surface area is 76.1 Å². The third-order valence-corrected chi connectivity index (χ3v) is 1.92. The van der Waals surface area contributed by atoms with Crippen molar-refractivity contribution >= 4 is 11.8 Å². The number of nitrogens with zero attached hydrogens (tertiary/aromatic N) is 1. The maximum absolute atomic E-state index is 11.2. The molecule has 1 rings (SSSR count). The van der Waals surface area contributed by atoms with Crippen molar-refractivity contribution in [2.45, 2.75) is 0 Å². The van der Waals surface area contributed by atoms with E-state index in [9.17, 15) is 5.21 Å². The molecule has 1 heterocycles. The summed E-state index contributed by atoms with van der Waals surface area (Å²) in [5.74, 6) is 0.427. The van der Waals surface area contributed by atoms with Crippen LogP contribution < -0.4 is 5.34 Å². The summed E-state index contributed by atoms with van der Waals surface area (Å²) >= 11 is 1.49. The third kappa shape index (κ3) is 3.26. The van der Waals surface area contributed by atoms with Gasteiger partial charge >= 0.3 is 0 Å². The second-order valence-electron chi connectivity index (χ2n) is 2.42. The summed E-state index contributed by atoms with van der Waals surface area (Å²) in [6.07, 6.45) is 1.90. The first-order chi connectivity index (χ1) is 5.84. The number of quaternary nitrogens is 1. The predicted molar refractivity (Wildman–Crippen MR) is 46.2 cm³/mol. The molecule has 0 aromatic carbocycles. The topological polar surface area (TPSA) is 49.2 Å². The van der Waals surface area contributed by atoms with Crippen molar-refractivity contribution in [3.8, 4) is 0 Å². The van der Waals surface area contributed by atoms with Gasteiger partial charge < -0.3 is 9.94 Å². The summed E-state index contributed by atoms with van der Waals surface area (Å²) in [4.78, 5) is 4.93. The molecule has 0 aromatic rings. The zero-order valence-corrected chi connectivity index (χ0v) is 7.93. The van der Waals surface area contributed by atoms with E-state index in [1.807, 2.05) is 6.26 Å². The molecule has 1 aliphatic heterocycles. The Kier molecular flexibility index (Phi) is 4.89. The van der Waals surface area contributed by atoms with Crippen LogP contribution in [0.3, 0.4) is 0 Å². The van der Waals surface area contributed by atoms with Gasteiger partial charge in [-0.3, -0.25) is 0 Å². The molecule has 1 saturated heterocycles. The molecule has 0 radical (unpaired) electrons. The number of hydrogen-bond donors (Lipinski definition) is 1. The Bertz CT molecular complexity index is 121. The van der Waals surface area contributed by atoms with Gasteiger partial charge in [0.05, 0.1) is 26.3 Å². The van der Waals surface area contributed by atoms with Gasteiger partial charge in [0.1, 0.15) is 0 Å². The lowest BCUT2D eigenvalue weighted by molar-refractivity contribution is -1.14. The minimum Gasteiger partial charge on any atom is -0.579 e. The highest BCUT2D eigenvalue weighted by molar-refractivity contribution is 7.98. The highest BCUT2D eigenvalue weighted by Gasteiger charge is 2.16. The van der Waals surface area contributed by atoms with Crippen LogP contribution in [0.4, 0.5) is 0 Å². The molecule has 6 heteroatoms. The molecular formula is C6H14N2O3S. The van der Waals surface area contributed by atoms with Crippen molar-refractivity contribution in [3.63, 3.8) is 0 Å². The fraction of sp³-hybridized carbons (Fsp3) is 1.00. The van der Waals surface area contributed by atoms with Crippen molar-refractivity contribution in [2.24, 2.45) is 0 Å². The summed E-state index contributed by atoms with van der Waals surface area (Å²) in [6.45, 7) is 2.53.